The molecule has 2 aliphatic heterocycles. The Morgan fingerprint density at radius 2 is 2.22 bits per heavy atom. The Morgan fingerprint density at radius 3 is 3.00 bits per heavy atom. The zero-order valence-electron chi connectivity index (χ0n) is 14.9. The summed E-state index contributed by atoms with van der Waals surface area (Å²) in [4.78, 5) is 29.9. The van der Waals surface area contributed by atoms with Crippen LogP contribution in [0.3, 0.4) is 0 Å². The highest BCUT2D eigenvalue weighted by molar-refractivity contribution is 5.88. The predicted molar refractivity (Wildman–Crippen MR) is 99.7 cm³/mol. The van der Waals surface area contributed by atoms with Gasteiger partial charge in [-0.25, -0.2) is 15.2 Å². The van der Waals surface area contributed by atoms with Crippen molar-refractivity contribution < 1.29 is 14.3 Å². The molecule has 1 aromatic heterocycles. The summed E-state index contributed by atoms with van der Waals surface area (Å²) < 4.78 is 6.18. The number of hydrazine groups is 1. The number of urea groups is 1. The average Bonchev–Trinajstić information content (AvgIpc) is 3.31. The molecule has 0 spiro atoms. The van der Waals surface area contributed by atoms with Crippen LogP contribution in [0, 0.1) is 0 Å². The van der Waals surface area contributed by atoms with E-state index in [9.17, 15) is 9.59 Å². The summed E-state index contributed by atoms with van der Waals surface area (Å²) in [5.41, 5.74) is 6.02. The minimum Gasteiger partial charge on any atom is -0.472 e. The van der Waals surface area contributed by atoms with Crippen LogP contribution in [-0.4, -0.2) is 41.0 Å². The first-order valence-electron chi connectivity index (χ1n) is 8.94. The summed E-state index contributed by atoms with van der Waals surface area (Å²) in [6, 6.07) is 9.44. The molecule has 27 heavy (non-hydrogen) atoms. The molecule has 2 saturated heterocycles. The van der Waals surface area contributed by atoms with E-state index in [0.717, 1.165) is 17.2 Å². The highest BCUT2D eigenvalue weighted by atomic mass is 16.5. The summed E-state index contributed by atoms with van der Waals surface area (Å²) in [7, 11) is 0. The minimum absolute atomic E-state index is 0.000824. The van der Waals surface area contributed by atoms with Gasteiger partial charge < -0.3 is 15.0 Å². The van der Waals surface area contributed by atoms with E-state index >= 15 is 0 Å². The normalized spacial score (nSPS) is 22.3. The summed E-state index contributed by atoms with van der Waals surface area (Å²) in [5, 5.41) is 4.62. The van der Waals surface area contributed by atoms with Crippen molar-refractivity contribution in [2.24, 2.45) is 0 Å². The third kappa shape index (κ3) is 3.56. The maximum atomic E-state index is 12.0. The number of ether oxygens (including phenoxy) is 1. The lowest BCUT2D eigenvalue weighted by Gasteiger charge is -2.18. The summed E-state index contributed by atoms with van der Waals surface area (Å²) in [6.07, 6.45) is 3.52. The molecule has 1 aromatic carbocycles. The van der Waals surface area contributed by atoms with Crippen molar-refractivity contribution in [1.29, 1.82) is 0 Å². The second-order valence-corrected chi connectivity index (χ2v) is 6.56. The molecular weight excluding hydrogens is 346 g/mol. The third-order valence-corrected chi connectivity index (χ3v) is 4.67. The second-order valence-electron chi connectivity index (χ2n) is 6.56. The number of likely N-dealkylation sites (tertiary alicyclic amines) is 1. The van der Waals surface area contributed by atoms with Crippen molar-refractivity contribution in [3.05, 3.63) is 48.2 Å². The number of pyridine rings is 1. The van der Waals surface area contributed by atoms with Crippen molar-refractivity contribution in [2.45, 2.75) is 25.6 Å². The zero-order valence-corrected chi connectivity index (χ0v) is 14.9. The van der Waals surface area contributed by atoms with Crippen LogP contribution in [0.1, 0.15) is 25.2 Å². The Balaban J connectivity index is 1.59. The molecule has 140 valence electrons. The number of allylic oxidation sites excluding steroid dienone is 1. The van der Waals surface area contributed by atoms with E-state index in [1.54, 1.807) is 17.1 Å². The molecule has 8 nitrogen and oxygen atoms in total. The molecule has 0 aliphatic carbocycles. The maximum absolute atomic E-state index is 12.0. The van der Waals surface area contributed by atoms with Crippen molar-refractivity contribution >= 4 is 22.7 Å². The van der Waals surface area contributed by atoms with Crippen LogP contribution in [0.15, 0.2) is 42.5 Å². The van der Waals surface area contributed by atoms with E-state index in [4.69, 9.17) is 4.74 Å². The Kier molecular flexibility index (Phi) is 4.64. The van der Waals surface area contributed by atoms with Gasteiger partial charge in [0.15, 0.2) is 0 Å². The molecule has 8 heteroatoms. The molecule has 2 atom stereocenters. The van der Waals surface area contributed by atoms with Gasteiger partial charge in [0, 0.05) is 18.4 Å². The standard InChI is InChI=1S/C19H21N5O3/c1-2-5-16(25)24-9-8-13(11-24)27-18-14-7-4-3-6-12(14)10-15(20-18)17-21-19(26)23-22-17/h2-7,10,13,17,22H,8-9,11H2,1H3,(H2,21,23,26)/b5-2+/t13-,17?/m1/s1. The van der Waals surface area contributed by atoms with Crippen LogP contribution in [0.5, 0.6) is 5.88 Å². The van der Waals surface area contributed by atoms with Gasteiger partial charge in [0.25, 0.3) is 0 Å². The number of nitrogens with one attached hydrogen (secondary N) is 3. The zero-order chi connectivity index (χ0) is 18.8. The molecule has 2 aromatic rings. The van der Waals surface area contributed by atoms with E-state index in [0.29, 0.717) is 24.7 Å². The molecule has 3 amide bonds. The van der Waals surface area contributed by atoms with Gasteiger partial charge in [0.2, 0.25) is 11.8 Å². The van der Waals surface area contributed by atoms with E-state index < -0.39 is 6.17 Å². The highest BCUT2D eigenvalue weighted by Gasteiger charge is 2.28. The Bertz CT molecular complexity index is 913. The Labute approximate surface area is 156 Å². The number of aromatic nitrogens is 1. The topological polar surface area (TPSA) is 95.6 Å². The molecule has 2 aliphatic rings. The molecule has 0 radical (unpaired) electrons. The Hall–Kier alpha value is -3.13. The van der Waals surface area contributed by atoms with Gasteiger partial charge in [0.1, 0.15) is 12.3 Å². The van der Waals surface area contributed by atoms with Crippen LogP contribution in [0.2, 0.25) is 0 Å². The van der Waals surface area contributed by atoms with Crippen molar-refractivity contribution in [1.82, 2.24) is 26.1 Å². The largest absolute Gasteiger partial charge is 0.472 e. The first-order valence-corrected chi connectivity index (χ1v) is 8.94. The lowest BCUT2D eigenvalue weighted by atomic mass is 10.1. The molecule has 2 fully saturated rings. The first-order chi connectivity index (χ1) is 13.1. The minimum atomic E-state index is -0.430. The average molecular weight is 367 g/mol. The van der Waals surface area contributed by atoms with Crippen molar-refractivity contribution in [2.75, 3.05) is 13.1 Å². The summed E-state index contributed by atoms with van der Waals surface area (Å²) in [6.45, 7) is 3.02. The number of hydrogen-bond donors (Lipinski definition) is 3. The van der Waals surface area contributed by atoms with Gasteiger partial charge >= 0.3 is 6.03 Å². The quantitative estimate of drug-likeness (QED) is 0.714. The number of benzene rings is 1. The van der Waals surface area contributed by atoms with Crippen molar-refractivity contribution in [3.63, 3.8) is 0 Å². The van der Waals surface area contributed by atoms with Crippen LogP contribution < -0.4 is 20.9 Å². The molecule has 3 N–H and O–H groups in total. The van der Waals surface area contributed by atoms with Gasteiger partial charge in [-0.2, -0.15) is 0 Å². The summed E-state index contributed by atoms with van der Waals surface area (Å²) in [5.74, 6) is 0.510. The SMILES string of the molecule is C/C=C/C(=O)N1CC[C@@H](Oc2nc(C3NNC(=O)N3)cc3ccccc23)C1. The maximum Gasteiger partial charge on any atom is 0.330 e. The molecule has 3 heterocycles. The van der Waals surface area contributed by atoms with E-state index in [1.165, 1.54) is 0 Å². The van der Waals surface area contributed by atoms with Gasteiger partial charge in [-0.1, -0.05) is 24.3 Å². The number of rotatable bonds is 4. The number of fused-ring (bicyclic) bond motifs is 1. The summed E-state index contributed by atoms with van der Waals surface area (Å²) >= 11 is 0. The number of nitrogens with zero attached hydrogens (tertiary/aromatic N) is 2. The lowest BCUT2D eigenvalue weighted by Crippen LogP contribution is -2.30. The highest BCUT2D eigenvalue weighted by Crippen LogP contribution is 2.29. The van der Waals surface area contributed by atoms with Gasteiger partial charge in [-0.05, 0) is 30.5 Å². The van der Waals surface area contributed by atoms with Crippen LogP contribution in [0.4, 0.5) is 4.79 Å². The number of hydrogen-bond acceptors (Lipinski definition) is 5. The van der Waals surface area contributed by atoms with Gasteiger partial charge in [-0.15, -0.1) is 0 Å². The molecule has 0 saturated carbocycles. The van der Waals surface area contributed by atoms with Crippen LogP contribution >= 0.6 is 0 Å². The Morgan fingerprint density at radius 1 is 1.37 bits per heavy atom. The smallest absolute Gasteiger partial charge is 0.330 e. The fraction of sp³-hybridized carbons (Fsp3) is 0.316. The molecule has 0 bridgehead atoms. The van der Waals surface area contributed by atoms with Crippen molar-refractivity contribution in [3.8, 4) is 5.88 Å². The first kappa shape index (κ1) is 17.3. The second kappa shape index (κ2) is 7.24. The fourth-order valence-corrected chi connectivity index (χ4v) is 3.34. The van der Waals surface area contributed by atoms with E-state index in [-0.39, 0.29) is 18.0 Å². The van der Waals surface area contributed by atoms with Gasteiger partial charge in [0.05, 0.1) is 12.2 Å². The third-order valence-electron chi connectivity index (χ3n) is 4.67. The number of amides is 3. The molecular formula is C19H21N5O3. The van der Waals surface area contributed by atoms with E-state index in [1.807, 2.05) is 37.3 Å². The number of carbonyl (C=O) groups is 2. The predicted octanol–water partition coefficient (Wildman–Crippen LogP) is 1.61. The van der Waals surface area contributed by atoms with Crippen LogP contribution in [-0.2, 0) is 4.79 Å². The lowest BCUT2D eigenvalue weighted by molar-refractivity contribution is -0.125. The molecule has 1 unspecified atom stereocenters. The molecule has 4 rings (SSSR count). The monoisotopic (exact) mass is 367 g/mol. The number of carbonyl (C=O) groups excluding carboxylic acids is 2. The van der Waals surface area contributed by atoms with Crippen LogP contribution in [0.25, 0.3) is 10.8 Å². The van der Waals surface area contributed by atoms with Gasteiger partial charge in [-0.3, -0.25) is 10.2 Å². The fourth-order valence-electron chi connectivity index (χ4n) is 3.34. The van der Waals surface area contributed by atoms with E-state index in [2.05, 4.69) is 21.2 Å².